The van der Waals surface area contributed by atoms with Gasteiger partial charge in [-0.3, -0.25) is 0 Å². The topological polar surface area (TPSA) is 31.6 Å². The van der Waals surface area contributed by atoms with Crippen molar-refractivity contribution in [3.8, 4) is 5.75 Å². The molecule has 1 aromatic heterocycles. The Hall–Kier alpha value is -1.00. The molecule has 1 aromatic carbocycles. The summed E-state index contributed by atoms with van der Waals surface area (Å²) in [6.07, 6.45) is 2.61. The van der Waals surface area contributed by atoms with Crippen LogP contribution in [-0.2, 0) is 11.3 Å². The van der Waals surface area contributed by atoms with Crippen LogP contribution in [0, 0.1) is 5.92 Å². The molecular weight excluding hydrogens is 296 g/mol. The molecule has 0 bridgehead atoms. The van der Waals surface area contributed by atoms with Crippen LogP contribution in [0.5, 0.6) is 5.75 Å². The monoisotopic (exact) mass is 310 g/mol. The quantitative estimate of drug-likeness (QED) is 0.832. The second kappa shape index (κ2) is 4.94. The number of fused-ring (bicyclic) bond motifs is 1. The molecule has 2 aromatic rings. The van der Waals surface area contributed by atoms with Gasteiger partial charge in [-0.05, 0) is 37.0 Å². The second-order valence-corrected chi connectivity index (χ2v) is 5.52. The van der Waals surface area contributed by atoms with E-state index in [1.165, 1.54) is 12.8 Å². The van der Waals surface area contributed by atoms with Crippen molar-refractivity contribution in [1.29, 1.82) is 0 Å². The van der Waals surface area contributed by atoms with Gasteiger partial charge < -0.3 is 13.9 Å². The highest BCUT2D eigenvalue weighted by molar-refractivity contribution is 9.10. The minimum atomic E-state index is 0.529. The molecule has 0 aliphatic heterocycles. The molecule has 1 fully saturated rings. The standard InChI is InChI=1S/C14H15BrO3/c1-16-13-5-4-12(15)11-6-10(18-14(11)13)8-17-7-9-2-3-9/h4-6,9H,2-3,7-8H2,1H3. The molecule has 0 amide bonds. The molecule has 96 valence electrons. The Morgan fingerprint density at radius 1 is 1.39 bits per heavy atom. The first-order valence-electron chi connectivity index (χ1n) is 6.10. The number of furan rings is 1. The summed E-state index contributed by atoms with van der Waals surface area (Å²) in [5.41, 5.74) is 0.775. The summed E-state index contributed by atoms with van der Waals surface area (Å²) >= 11 is 3.52. The number of methoxy groups -OCH3 is 1. The summed E-state index contributed by atoms with van der Waals surface area (Å²) in [6, 6.07) is 5.87. The molecule has 1 aliphatic rings. The second-order valence-electron chi connectivity index (χ2n) is 4.66. The summed E-state index contributed by atoms with van der Waals surface area (Å²) in [5, 5.41) is 1.03. The molecule has 0 N–H and O–H groups in total. The van der Waals surface area contributed by atoms with Gasteiger partial charge in [0.15, 0.2) is 11.3 Å². The van der Waals surface area contributed by atoms with Gasteiger partial charge in [0, 0.05) is 16.5 Å². The van der Waals surface area contributed by atoms with Crippen LogP contribution in [0.15, 0.2) is 27.1 Å². The van der Waals surface area contributed by atoms with Crippen LogP contribution in [0.25, 0.3) is 11.0 Å². The minimum Gasteiger partial charge on any atom is -0.493 e. The maximum Gasteiger partial charge on any atom is 0.177 e. The van der Waals surface area contributed by atoms with Gasteiger partial charge in [-0.15, -0.1) is 0 Å². The van der Waals surface area contributed by atoms with Crippen molar-refractivity contribution in [2.75, 3.05) is 13.7 Å². The van der Waals surface area contributed by atoms with Crippen molar-refractivity contribution in [3.63, 3.8) is 0 Å². The van der Waals surface area contributed by atoms with Gasteiger partial charge in [0.2, 0.25) is 0 Å². The lowest BCUT2D eigenvalue weighted by Gasteiger charge is -2.01. The molecule has 3 rings (SSSR count). The zero-order valence-corrected chi connectivity index (χ0v) is 11.8. The lowest BCUT2D eigenvalue weighted by atomic mass is 10.2. The van der Waals surface area contributed by atoms with Crippen LogP contribution < -0.4 is 4.74 Å². The third kappa shape index (κ3) is 2.40. The Morgan fingerprint density at radius 2 is 2.22 bits per heavy atom. The summed E-state index contributed by atoms with van der Waals surface area (Å²) in [5.74, 6) is 2.37. The summed E-state index contributed by atoms with van der Waals surface area (Å²) in [4.78, 5) is 0. The van der Waals surface area contributed by atoms with Crippen molar-refractivity contribution in [2.24, 2.45) is 5.92 Å². The summed E-state index contributed by atoms with van der Waals surface area (Å²) in [7, 11) is 1.65. The Balaban J connectivity index is 1.82. The molecule has 1 aliphatic carbocycles. The van der Waals surface area contributed by atoms with Crippen LogP contribution in [0.1, 0.15) is 18.6 Å². The maximum absolute atomic E-state index is 5.79. The van der Waals surface area contributed by atoms with E-state index >= 15 is 0 Å². The van der Waals surface area contributed by atoms with Crippen LogP contribution in [0.4, 0.5) is 0 Å². The fourth-order valence-electron chi connectivity index (χ4n) is 1.96. The molecule has 18 heavy (non-hydrogen) atoms. The molecule has 1 heterocycles. The molecule has 3 nitrogen and oxygen atoms in total. The predicted octanol–water partition coefficient (Wildman–Crippen LogP) is 4.13. The predicted molar refractivity (Wildman–Crippen MR) is 72.8 cm³/mol. The first kappa shape index (κ1) is 12.1. The Bertz CT molecular complexity index is 557. The first-order chi connectivity index (χ1) is 8.78. The van der Waals surface area contributed by atoms with Gasteiger partial charge in [-0.2, -0.15) is 0 Å². The van der Waals surface area contributed by atoms with E-state index in [-0.39, 0.29) is 0 Å². The fourth-order valence-corrected chi connectivity index (χ4v) is 2.39. The molecule has 1 saturated carbocycles. The Labute approximate surface area is 114 Å². The fraction of sp³-hybridized carbons (Fsp3) is 0.429. The minimum absolute atomic E-state index is 0.529. The van der Waals surface area contributed by atoms with Crippen molar-refractivity contribution < 1.29 is 13.9 Å². The number of ether oxygens (including phenoxy) is 2. The third-order valence-electron chi connectivity index (χ3n) is 3.16. The lowest BCUT2D eigenvalue weighted by Crippen LogP contribution is -1.95. The van der Waals surface area contributed by atoms with E-state index in [1.807, 2.05) is 18.2 Å². The van der Waals surface area contributed by atoms with E-state index in [4.69, 9.17) is 13.9 Å². The highest BCUT2D eigenvalue weighted by atomic mass is 79.9. The van der Waals surface area contributed by atoms with E-state index < -0.39 is 0 Å². The van der Waals surface area contributed by atoms with Gasteiger partial charge >= 0.3 is 0 Å². The van der Waals surface area contributed by atoms with Crippen LogP contribution in [-0.4, -0.2) is 13.7 Å². The van der Waals surface area contributed by atoms with E-state index in [9.17, 15) is 0 Å². The van der Waals surface area contributed by atoms with Gasteiger partial charge in [-0.25, -0.2) is 0 Å². The van der Waals surface area contributed by atoms with Crippen LogP contribution in [0.3, 0.4) is 0 Å². The van der Waals surface area contributed by atoms with E-state index in [0.717, 1.165) is 39.5 Å². The van der Waals surface area contributed by atoms with Crippen molar-refractivity contribution in [2.45, 2.75) is 19.4 Å². The molecule has 0 radical (unpaired) electrons. The molecule has 0 atom stereocenters. The molecular formula is C14H15BrO3. The van der Waals surface area contributed by atoms with Gasteiger partial charge in [0.25, 0.3) is 0 Å². The van der Waals surface area contributed by atoms with Gasteiger partial charge in [0.05, 0.1) is 7.11 Å². The number of hydrogen-bond donors (Lipinski definition) is 0. The zero-order valence-electron chi connectivity index (χ0n) is 10.2. The molecule has 0 unspecified atom stereocenters. The highest BCUT2D eigenvalue weighted by Crippen LogP contribution is 2.34. The van der Waals surface area contributed by atoms with E-state index in [0.29, 0.717) is 6.61 Å². The van der Waals surface area contributed by atoms with Gasteiger partial charge in [-0.1, -0.05) is 15.9 Å². The molecule has 4 heteroatoms. The smallest absolute Gasteiger partial charge is 0.177 e. The van der Waals surface area contributed by atoms with Crippen LogP contribution in [0.2, 0.25) is 0 Å². The largest absolute Gasteiger partial charge is 0.493 e. The van der Waals surface area contributed by atoms with Crippen molar-refractivity contribution in [3.05, 3.63) is 28.4 Å². The average Bonchev–Trinajstić information content (AvgIpc) is 3.08. The number of hydrogen-bond acceptors (Lipinski definition) is 3. The van der Waals surface area contributed by atoms with Gasteiger partial charge in [0.1, 0.15) is 12.4 Å². The van der Waals surface area contributed by atoms with Crippen molar-refractivity contribution in [1.82, 2.24) is 0 Å². The summed E-state index contributed by atoms with van der Waals surface area (Å²) in [6.45, 7) is 1.37. The van der Waals surface area contributed by atoms with Crippen LogP contribution >= 0.6 is 15.9 Å². The lowest BCUT2D eigenvalue weighted by molar-refractivity contribution is 0.0983. The molecule has 0 spiro atoms. The zero-order chi connectivity index (χ0) is 12.5. The number of rotatable bonds is 5. The first-order valence-corrected chi connectivity index (χ1v) is 6.90. The number of benzene rings is 1. The Kier molecular flexibility index (Phi) is 3.31. The molecule has 0 saturated heterocycles. The third-order valence-corrected chi connectivity index (χ3v) is 3.85. The Morgan fingerprint density at radius 3 is 2.94 bits per heavy atom. The highest BCUT2D eigenvalue weighted by Gasteiger charge is 2.21. The SMILES string of the molecule is COc1ccc(Br)c2cc(COCC3CC3)oc12. The van der Waals surface area contributed by atoms with E-state index in [2.05, 4.69) is 15.9 Å². The normalized spacial score (nSPS) is 15.2. The van der Waals surface area contributed by atoms with Crippen molar-refractivity contribution >= 4 is 26.9 Å². The maximum atomic E-state index is 5.79. The van der Waals surface area contributed by atoms with E-state index in [1.54, 1.807) is 7.11 Å². The summed E-state index contributed by atoms with van der Waals surface area (Å²) < 4.78 is 17.7. The average molecular weight is 311 g/mol. The number of halogens is 1.